The lowest BCUT2D eigenvalue weighted by atomic mass is 9.78. The summed E-state index contributed by atoms with van der Waals surface area (Å²) < 4.78 is 1.15. The summed E-state index contributed by atoms with van der Waals surface area (Å²) in [6, 6.07) is 8.05. The summed E-state index contributed by atoms with van der Waals surface area (Å²) in [4.78, 5) is 30.7. The Bertz CT molecular complexity index is 1030. The minimum absolute atomic E-state index is 0.104. The smallest absolute Gasteiger partial charge is 0.356 e. The van der Waals surface area contributed by atoms with Crippen LogP contribution in [0.3, 0.4) is 0 Å². The van der Waals surface area contributed by atoms with Crippen molar-refractivity contribution >= 4 is 17.7 Å². The van der Waals surface area contributed by atoms with Crippen LogP contribution in [-0.2, 0) is 6.54 Å². The Morgan fingerprint density at radius 2 is 1.76 bits per heavy atom. The maximum Gasteiger partial charge on any atom is 0.356 e. The van der Waals surface area contributed by atoms with E-state index in [0.717, 1.165) is 37.2 Å². The topological polar surface area (TPSA) is 81.9 Å². The molecule has 1 amide bonds. The molecule has 0 bridgehead atoms. The molecule has 1 spiro atoms. The first-order valence-corrected chi connectivity index (χ1v) is 12.1. The van der Waals surface area contributed by atoms with Crippen LogP contribution in [0.4, 0.5) is 10.5 Å². The summed E-state index contributed by atoms with van der Waals surface area (Å²) in [7, 11) is 0. The lowest BCUT2D eigenvalue weighted by Gasteiger charge is -2.39. The standard InChI is InChI=1S/C25H33N5O3/c1-19-4-5-21(28-10-2-3-11-28)16-20(19)17-27-13-7-25(18-27)8-14-29(15-9-25)24(33)30-12-6-22(26-30)23(31)32/h4-6,12,16H,2-3,7-11,13-15,17-18H2,1H3,(H,31,32). The van der Waals surface area contributed by atoms with E-state index < -0.39 is 5.97 Å². The Balaban J connectivity index is 1.18. The van der Waals surface area contributed by atoms with E-state index in [1.165, 1.54) is 61.4 Å². The second-order valence-corrected chi connectivity index (χ2v) is 9.99. The summed E-state index contributed by atoms with van der Waals surface area (Å²) >= 11 is 0. The van der Waals surface area contributed by atoms with Gasteiger partial charge in [0.2, 0.25) is 0 Å². The molecule has 1 N–H and O–H groups in total. The molecule has 0 unspecified atom stereocenters. The van der Waals surface area contributed by atoms with Crippen LogP contribution >= 0.6 is 0 Å². The third-order valence-electron chi connectivity index (χ3n) is 7.81. The Kier molecular flexibility index (Phi) is 5.86. The maximum absolute atomic E-state index is 12.7. The van der Waals surface area contributed by atoms with Crippen molar-refractivity contribution in [1.82, 2.24) is 19.6 Å². The van der Waals surface area contributed by atoms with Crippen LogP contribution in [0, 0.1) is 12.3 Å². The minimum atomic E-state index is -1.12. The molecule has 1 aromatic carbocycles. The van der Waals surface area contributed by atoms with Crippen molar-refractivity contribution < 1.29 is 14.7 Å². The monoisotopic (exact) mass is 451 g/mol. The third kappa shape index (κ3) is 4.49. The van der Waals surface area contributed by atoms with E-state index in [2.05, 4.69) is 40.0 Å². The van der Waals surface area contributed by atoms with Crippen molar-refractivity contribution in [3.63, 3.8) is 0 Å². The summed E-state index contributed by atoms with van der Waals surface area (Å²) in [6.07, 6.45) is 7.15. The number of carboxylic acid groups (broad SMARTS) is 1. The van der Waals surface area contributed by atoms with E-state index in [1.54, 1.807) is 4.90 Å². The average Bonchev–Trinajstić information content (AvgIpc) is 3.57. The fourth-order valence-electron chi connectivity index (χ4n) is 5.67. The molecule has 3 aliphatic heterocycles. The Labute approximate surface area is 194 Å². The van der Waals surface area contributed by atoms with Crippen LogP contribution in [0.25, 0.3) is 0 Å². The van der Waals surface area contributed by atoms with Crippen LogP contribution in [0.15, 0.2) is 30.5 Å². The highest BCUT2D eigenvalue weighted by molar-refractivity contribution is 5.86. The zero-order valence-electron chi connectivity index (χ0n) is 19.4. The van der Waals surface area contributed by atoms with Gasteiger partial charge in [0.15, 0.2) is 5.69 Å². The second-order valence-electron chi connectivity index (χ2n) is 9.99. The molecule has 8 nitrogen and oxygen atoms in total. The Morgan fingerprint density at radius 3 is 2.45 bits per heavy atom. The van der Waals surface area contributed by atoms with Crippen molar-refractivity contribution in [2.24, 2.45) is 5.41 Å². The van der Waals surface area contributed by atoms with Gasteiger partial charge in [-0.3, -0.25) is 4.90 Å². The number of carbonyl (C=O) groups excluding carboxylic acids is 1. The highest BCUT2D eigenvalue weighted by Gasteiger charge is 2.41. The molecule has 0 atom stereocenters. The zero-order chi connectivity index (χ0) is 23.0. The van der Waals surface area contributed by atoms with Crippen molar-refractivity contribution in [2.45, 2.75) is 45.6 Å². The molecule has 0 saturated carbocycles. The number of carboxylic acids is 1. The largest absolute Gasteiger partial charge is 0.476 e. The number of amides is 1. The highest BCUT2D eigenvalue weighted by Crippen LogP contribution is 2.41. The third-order valence-corrected chi connectivity index (χ3v) is 7.81. The van der Waals surface area contributed by atoms with Crippen LogP contribution in [0.5, 0.6) is 0 Å². The number of benzene rings is 1. The number of hydrogen-bond donors (Lipinski definition) is 1. The number of nitrogens with zero attached hydrogens (tertiary/aromatic N) is 5. The van der Waals surface area contributed by atoms with Crippen molar-refractivity contribution in [1.29, 1.82) is 0 Å². The predicted octanol–water partition coefficient (Wildman–Crippen LogP) is 3.45. The van der Waals surface area contributed by atoms with E-state index in [0.29, 0.717) is 13.1 Å². The van der Waals surface area contributed by atoms with Gasteiger partial charge in [-0.25, -0.2) is 9.59 Å². The fourth-order valence-corrected chi connectivity index (χ4v) is 5.67. The van der Waals surface area contributed by atoms with Gasteiger partial charge in [-0.05, 0) is 80.3 Å². The number of carbonyl (C=O) groups is 2. The van der Waals surface area contributed by atoms with E-state index in [-0.39, 0.29) is 17.1 Å². The Hall–Kier alpha value is -2.87. The summed E-state index contributed by atoms with van der Waals surface area (Å²) in [6.45, 7) is 9.10. The number of piperidine rings is 1. The normalized spacial score (nSPS) is 20.6. The van der Waals surface area contributed by atoms with Crippen LogP contribution < -0.4 is 4.90 Å². The number of aromatic carboxylic acids is 1. The van der Waals surface area contributed by atoms with Gasteiger partial charge < -0.3 is 14.9 Å². The first-order chi connectivity index (χ1) is 15.9. The molecule has 2 aromatic rings. The maximum atomic E-state index is 12.7. The van der Waals surface area contributed by atoms with Gasteiger partial charge in [-0.1, -0.05) is 6.07 Å². The van der Waals surface area contributed by atoms with Crippen molar-refractivity contribution in [3.8, 4) is 0 Å². The first-order valence-electron chi connectivity index (χ1n) is 12.1. The molecular formula is C25H33N5O3. The molecular weight excluding hydrogens is 418 g/mol. The van der Waals surface area contributed by atoms with E-state index in [9.17, 15) is 9.59 Å². The SMILES string of the molecule is Cc1ccc(N2CCCC2)cc1CN1CCC2(CCN(C(=O)n3ccc(C(=O)O)n3)CC2)C1. The molecule has 0 aliphatic carbocycles. The van der Waals surface area contributed by atoms with Gasteiger partial charge in [0.1, 0.15) is 0 Å². The number of rotatable bonds is 4. The van der Waals surface area contributed by atoms with E-state index >= 15 is 0 Å². The fraction of sp³-hybridized carbons (Fsp3) is 0.560. The first kappa shape index (κ1) is 21.9. The van der Waals surface area contributed by atoms with Crippen molar-refractivity contribution in [3.05, 3.63) is 47.3 Å². The van der Waals surface area contributed by atoms with Crippen LogP contribution in [0.1, 0.15) is 53.7 Å². The van der Waals surface area contributed by atoms with Gasteiger partial charge in [-0.15, -0.1) is 0 Å². The molecule has 4 heterocycles. The molecule has 3 aliphatic rings. The molecule has 1 aromatic heterocycles. The molecule has 3 fully saturated rings. The molecule has 0 radical (unpaired) electrons. The molecule has 33 heavy (non-hydrogen) atoms. The lowest BCUT2D eigenvalue weighted by Crippen LogP contribution is -2.45. The van der Waals surface area contributed by atoms with Crippen molar-refractivity contribution in [2.75, 3.05) is 44.2 Å². The van der Waals surface area contributed by atoms with Crippen LogP contribution in [0.2, 0.25) is 0 Å². The van der Waals surface area contributed by atoms with Gasteiger partial charge >= 0.3 is 12.0 Å². The van der Waals surface area contributed by atoms with E-state index in [4.69, 9.17) is 5.11 Å². The van der Waals surface area contributed by atoms with Gasteiger partial charge in [0.05, 0.1) is 0 Å². The van der Waals surface area contributed by atoms with E-state index in [1.807, 2.05) is 0 Å². The lowest BCUT2D eigenvalue weighted by molar-refractivity contribution is 0.0689. The quantitative estimate of drug-likeness (QED) is 0.767. The number of anilines is 1. The van der Waals surface area contributed by atoms with Gasteiger partial charge in [0.25, 0.3) is 0 Å². The summed E-state index contributed by atoms with van der Waals surface area (Å²) in [5.41, 5.74) is 4.32. The number of aromatic nitrogens is 2. The average molecular weight is 452 g/mol. The molecule has 176 valence electrons. The molecule has 8 heteroatoms. The molecule has 3 saturated heterocycles. The minimum Gasteiger partial charge on any atom is -0.476 e. The number of hydrogen-bond acceptors (Lipinski definition) is 5. The predicted molar refractivity (Wildman–Crippen MR) is 126 cm³/mol. The number of likely N-dealkylation sites (tertiary alicyclic amines) is 2. The molecule has 5 rings (SSSR count). The summed E-state index contributed by atoms with van der Waals surface area (Å²) in [5.74, 6) is -1.12. The second kappa shape index (κ2) is 8.82. The Morgan fingerprint density at radius 1 is 1.03 bits per heavy atom. The zero-order valence-corrected chi connectivity index (χ0v) is 19.4. The van der Waals surface area contributed by atoms with Gasteiger partial charge in [-0.2, -0.15) is 9.78 Å². The summed E-state index contributed by atoms with van der Waals surface area (Å²) in [5, 5.41) is 12.9. The van der Waals surface area contributed by atoms with Gasteiger partial charge in [0, 0.05) is 51.2 Å². The number of aryl methyl sites for hydroxylation is 1. The highest BCUT2D eigenvalue weighted by atomic mass is 16.4. The van der Waals surface area contributed by atoms with Crippen LogP contribution in [-0.4, -0.2) is 76.0 Å².